The first kappa shape index (κ1) is 15.3. The van der Waals surface area contributed by atoms with Crippen molar-refractivity contribution in [3.05, 3.63) is 47.3 Å². The number of carbonyl (C=O) groups excluding carboxylic acids is 1. The standard InChI is InChI=1S/C14H14N8O2/c1-8(16-18-14(23)10-6-4-3-5-7-10)11-9(2)22(21-17-11)13-12(15)19-24-20-13/h3-7H,1-2H3,(H2,15,19)(H,18,23)/b16-8+. The summed E-state index contributed by atoms with van der Waals surface area (Å²) < 4.78 is 5.94. The Hall–Kier alpha value is -3.56. The fraction of sp³-hybridized carbons (Fsp3) is 0.143. The average molecular weight is 326 g/mol. The van der Waals surface area contributed by atoms with Gasteiger partial charge in [0.1, 0.15) is 5.69 Å². The topological polar surface area (TPSA) is 137 Å². The molecule has 0 saturated carbocycles. The highest BCUT2D eigenvalue weighted by molar-refractivity contribution is 6.00. The number of nitrogens with two attached hydrogens (primary N) is 1. The van der Waals surface area contributed by atoms with Crippen LogP contribution in [0.15, 0.2) is 40.1 Å². The molecule has 3 rings (SSSR count). The smallest absolute Gasteiger partial charge is 0.271 e. The van der Waals surface area contributed by atoms with Crippen molar-refractivity contribution in [3.8, 4) is 5.82 Å². The van der Waals surface area contributed by atoms with E-state index in [1.807, 2.05) is 6.07 Å². The molecule has 0 aliphatic heterocycles. The highest BCUT2D eigenvalue weighted by atomic mass is 16.6. The molecule has 122 valence electrons. The molecule has 0 aliphatic rings. The first-order valence-corrected chi connectivity index (χ1v) is 6.98. The predicted molar refractivity (Wildman–Crippen MR) is 84.5 cm³/mol. The molecule has 0 unspecified atom stereocenters. The minimum absolute atomic E-state index is 0.0986. The van der Waals surface area contributed by atoms with E-state index < -0.39 is 0 Å². The molecule has 1 aromatic carbocycles. The number of nitrogens with zero attached hydrogens (tertiary/aromatic N) is 6. The van der Waals surface area contributed by atoms with Crippen molar-refractivity contribution in [2.75, 3.05) is 5.73 Å². The van der Waals surface area contributed by atoms with Crippen molar-refractivity contribution in [1.82, 2.24) is 30.7 Å². The van der Waals surface area contributed by atoms with Gasteiger partial charge in [0.05, 0.1) is 11.4 Å². The van der Waals surface area contributed by atoms with Gasteiger partial charge in [-0.25, -0.2) is 10.1 Å². The van der Waals surface area contributed by atoms with Crippen LogP contribution < -0.4 is 11.2 Å². The van der Waals surface area contributed by atoms with E-state index in [-0.39, 0.29) is 17.5 Å². The van der Waals surface area contributed by atoms with Gasteiger partial charge >= 0.3 is 0 Å². The van der Waals surface area contributed by atoms with Crippen molar-refractivity contribution in [2.24, 2.45) is 5.10 Å². The zero-order valence-corrected chi connectivity index (χ0v) is 13.0. The minimum Gasteiger partial charge on any atom is -0.378 e. The van der Waals surface area contributed by atoms with Gasteiger partial charge in [-0.2, -0.15) is 9.78 Å². The lowest BCUT2D eigenvalue weighted by Gasteiger charge is -2.02. The molecule has 0 saturated heterocycles. The molecule has 0 radical (unpaired) electrons. The van der Waals surface area contributed by atoms with E-state index in [0.717, 1.165) is 0 Å². The lowest BCUT2D eigenvalue weighted by Crippen LogP contribution is -2.19. The summed E-state index contributed by atoms with van der Waals surface area (Å²) in [6.07, 6.45) is 0. The van der Waals surface area contributed by atoms with E-state index in [4.69, 9.17) is 5.73 Å². The Morgan fingerprint density at radius 3 is 2.71 bits per heavy atom. The number of nitrogens with one attached hydrogen (secondary N) is 1. The molecule has 0 fully saturated rings. The number of hydrogen-bond acceptors (Lipinski definition) is 8. The van der Waals surface area contributed by atoms with E-state index in [1.54, 1.807) is 38.1 Å². The fourth-order valence-corrected chi connectivity index (χ4v) is 2.04. The molecule has 10 nitrogen and oxygen atoms in total. The van der Waals surface area contributed by atoms with Gasteiger partial charge in [-0.1, -0.05) is 23.4 Å². The van der Waals surface area contributed by atoms with Gasteiger partial charge in [0.2, 0.25) is 11.6 Å². The Balaban J connectivity index is 1.81. The second kappa shape index (κ2) is 6.28. The predicted octanol–water partition coefficient (Wildman–Crippen LogP) is 0.695. The van der Waals surface area contributed by atoms with Crippen LogP contribution in [0.25, 0.3) is 5.82 Å². The molecule has 2 heterocycles. The third kappa shape index (κ3) is 2.84. The molecule has 3 N–H and O–H groups in total. The summed E-state index contributed by atoms with van der Waals surface area (Å²) in [5, 5.41) is 19.2. The summed E-state index contributed by atoms with van der Waals surface area (Å²) >= 11 is 0. The number of hydrazone groups is 1. The minimum atomic E-state index is -0.315. The van der Waals surface area contributed by atoms with Crippen LogP contribution in [0.5, 0.6) is 0 Å². The molecule has 2 aromatic heterocycles. The second-order valence-corrected chi connectivity index (χ2v) is 4.91. The largest absolute Gasteiger partial charge is 0.378 e. The lowest BCUT2D eigenvalue weighted by molar-refractivity contribution is 0.0955. The van der Waals surface area contributed by atoms with Crippen LogP contribution in [0, 0.1) is 6.92 Å². The summed E-state index contributed by atoms with van der Waals surface area (Å²) in [7, 11) is 0. The Kier molecular flexibility index (Phi) is 4.01. The number of rotatable bonds is 4. The SMILES string of the molecule is C/C(=N\NC(=O)c1ccccc1)c1nnn(-c2nonc2N)c1C. The van der Waals surface area contributed by atoms with Gasteiger partial charge < -0.3 is 5.73 Å². The maximum Gasteiger partial charge on any atom is 0.271 e. The number of anilines is 1. The number of nitrogen functional groups attached to an aromatic ring is 1. The molecule has 24 heavy (non-hydrogen) atoms. The number of amides is 1. The monoisotopic (exact) mass is 326 g/mol. The van der Waals surface area contributed by atoms with Crippen LogP contribution in [0.2, 0.25) is 0 Å². The highest BCUT2D eigenvalue weighted by Gasteiger charge is 2.18. The van der Waals surface area contributed by atoms with Gasteiger partial charge in [0.15, 0.2) is 0 Å². The molecule has 0 aliphatic carbocycles. The van der Waals surface area contributed by atoms with Gasteiger partial charge in [0, 0.05) is 5.56 Å². The molecule has 0 spiro atoms. The van der Waals surface area contributed by atoms with Crippen LogP contribution in [-0.2, 0) is 0 Å². The summed E-state index contributed by atoms with van der Waals surface area (Å²) in [5.74, 6) is 0.0267. The summed E-state index contributed by atoms with van der Waals surface area (Å²) in [6, 6.07) is 8.77. The maximum absolute atomic E-state index is 12.0. The third-order valence-electron chi connectivity index (χ3n) is 3.29. The summed E-state index contributed by atoms with van der Waals surface area (Å²) in [6.45, 7) is 3.47. The van der Waals surface area contributed by atoms with Crippen LogP contribution in [-0.4, -0.2) is 36.9 Å². The molecular weight excluding hydrogens is 312 g/mol. The normalized spacial score (nSPS) is 11.5. The number of aromatic nitrogens is 5. The van der Waals surface area contributed by atoms with E-state index in [2.05, 4.69) is 35.8 Å². The summed E-state index contributed by atoms with van der Waals surface area (Å²) in [4.78, 5) is 12.0. The highest BCUT2D eigenvalue weighted by Crippen LogP contribution is 2.14. The van der Waals surface area contributed by atoms with Crippen molar-refractivity contribution < 1.29 is 9.42 Å². The fourth-order valence-electron chi connectivity index (χ4n) is 2.04. The zero-order valence-electron chi connectivity index (χ0n) is 13.0. The van der Waals surface area contributed by atoms with Crippen LogP contribution in [0.3, 0.4) is 0 Å². The van der Waals surface area contributed by atoms with Gasteiger partial charge in [0.25, 0.3) is 5.91 Å². The van der Waals surface area contributed by atoms with Gasteiger partial charge in [-0.3, -0.25) is 4.79 Å². The second-order valence-electron chi connectivity index (χ2n) is 4.91. The van der Waals surface area contributed by atoms with Crippen molar-refractivity contribution in [3.63, 3.8) is 0 Å². The Morgan fingerprint density at radius 1 is 1.29 bits per heavy atom. The van der Waals surface area contributed by atoms with Crippen molar-refractivity contribution >= 4 is 17.4 Å². The number of benzene rings is 1. The molecule has 10 heteroatoms. The van der Waals surface area contributed by atoms with Gasteiger partial charge in [-0.15, -0.1) is 5.10 Å². The lowest BCUT2D eigenvalue weighted by atomic mass is 10.2. The van der Waals surface area contributed by atoms with Crippen LogP contribution >= 0.6 is 0 Å². The van der Waals surface area contributed by atoms with Crippen molar-refractivity contribution in [2.45, 2.75) is 13.8 Å². The van der Waals surface area contributed by atoms with E-state index in [9.17, 15) is 4.79 Å². The van der Waals surface area contributed by atoms with E-state index in [0.29, 0.717) is 22.7 Å². The molecule has 1 amide bonds. The van der Waals surface area contributed by atoms with Gasteiger partial charge in [-0.05, 0) is 36.3 Å². The van der Waals surface area contributed by atoms with Crippen LogP contribution in [0.1, 0.15) is 28.7 Å². The Bertz CT molecular complexity index is 897. The van der Waals surface area contributed by atoms with E-state index in [1.165, 1.54) is 4.68 Å². The molecule has 3 aromatic rings. The number of hydrogen-bond donors (Lipinski definition) is 2. The summed E-state index contributed by atoms with van der Waals surface area (Å²) in [5.41, 5.74) is 10.2. The third-order valence-corrected chi connectivity index (χ3v) is 3.29. The quantitative estimate of drug-likeness (QED) is 0.531. The molecule has 0 bridgehead atoms. The first-order chi connectivity index (χ1) is 11.6. The zero-order chi connectivity index (χ0) is 17.1. The van der Waals surface area contributed by atoms with Crippen LogP contribution in [0.4, 0.5) is 5.82 Å². The first-order valence-electron chi connectivity index (χ1n) is 6.98. The Morgan fingerprint density at radius 2 is 2.04 bits per heavy atom. The molecule has 0 atom stereocenters. The van der Waals surface area contributed by atoms with E-state index >= 15 is 0 Å². The Labute approximate surface area is 136 Å². The average Bonchev–Trinajstić information content (AvgIpc) is 3.18. The van der Waals surface area contributed by atoms with Crippen molar-refractivity contribution in [1.29, 1.82) is 0 Å². The maximum atomic E-state index is 12.0. The number of carbonyl (C=O) groups is 1. The molecular formula is C14H14N8O2.